The van der Waals surface area contributed by atoms with Crippen LogP contribution in [0.2, 0.25) is 5.02 Å². The highest BCUT2D eigenvalue weighted by Crippen LogP contribution is 2.28. The van der Waals surface area contributed by atoms with Crippen molar-refractivity contribution in [2.45, 2.75) is 31.3 Å². The molecule has 1 N–H and O–H groups in total. The van der Waals surface area contributed by atoms with Gasteiger partial charge in [0.15, 0.2) is 5.78 Å². The fourth-order valence-electron chi connectivity index (χ4n) is 3.29. The third-order valence-electron chi connectivity index (χ3n) is 4.79. The van der Waals surface area contributed by atoms with Crippen LogP contribution in [0.5, 0.6) is 0 Å². The molecule has 27 heavy (non-hydrogen) atoms. The van der Waals surface area contributed by atoms with Gasteiger partial charge >= 0.3 is 5.97 Å². The van der Waals surface area contributed by atoms with Gasteiger partial charge in [0.05, 0.1) is 7.11 Å². The Balaban J connectivity index is 1.56. The van der Waals surface area contributed by atoms with E-state index in [0.29, 0.717) is 17.0 Å². The second-order valence-electron chi connectivity index (χ2n) is 6.65. The summed E-state index contributed by atoms with van der Waals surface area (Å²) in [6.07, 6.45) is 5.58. The van der Waals surface area contributed by atoms with Crippen molar-refractivity contribution in [3.8, 4) is 0 Å². The molecule has 0 radical (unpaired) electrons. The van der Waals surface area contributed by atoms with E-state index in [1.807, 2.05) is 12.1 Å². The normalized spacial score (nSPS) is 19.3. The highest BCUT2D eigenvalue weighted by atomic mass is 35.5. The maximum atomic E-state index is 12.4. The summed E-state index contributed by atoms with van der Waals surface area (Å²) < 4.78 is 4.59. The Morgan fingerprint density at radius 2 is 1.81 bits per heavy atom. The molecule has 3 rings (SSSR count). The molecule has 1 saturated heterocycles. The largest absolute Gasteiger partial charge is 0.466 e. The van der Waals surface area contributed by atoms with Gasteiger partial charge in [-0.2, -0.15) is 0 Å². The lowest BCUT2D eigenvalue weighted by Crippen LogP contribution is -2.26. The first kappa shape index (κ1) is 19.3. The van der Waals surface area contributed by atoms with Crippen LogP contribution in [0, 0.1) is 0 Å². The molecule has 0 aromatic heterocycles. The minimum Gasteiger partial charge on any atom is -0.466 e. The number of rotatable bonds is 6. The zero-order valence-electron chi connectivity index (χ0n) is 15.2. The molecule has 0 bridgehead atoms. The molecule has 2 unspecified atom stereocenters. The van der Waals surface area contributed by atoms with Crippen molar-refractivity contribution < 1.29 is 14.3 Å². The molecule has 1 aliphatic heterocycles. The zero-order valence-corrected chi connectivity index (χ0v) is 15.9. The molecular weight excluding hydrogens is 362 g/mol. The van der Waals surface area contributed by atoms with E-state index in [1.54, 1.807) is 30.3 Å². The van der Waals surface area contributed by atoms with Crippen molar-refractivity contribution in [2.75, 3.05) is 7.11 Å². The Labute approximate surface area is 164 Å². The number of halogens is 1. The second-order valence-corrected chi connectivity index (χ2v) is 7.09. The molecule has 1 fully saturated rings. The number of hydrogen-bond acceptors (Lipinski definition) is 4. The van der Waals surface area contributed by atoms with E-state index in [4.69, 9.17) is 11.6 Å². The fourth-order valence-corrected chi connectivity index (χ4v) is 3.42. The summed E-state index contributed by atoms with van der Waals surface area (Å²) in [6.45, 7) is 0. The van der Waals surface area contributed by atoms with Crippen LogP contribution in [0.15, 0.2) is 54.6 Å². The highest BCUT2D eigenvalue weighted by Gasteiger charge is 2.26. The first-order valence-corrected chi connectivity index (χ1v) is 9.34. The van der Waals surface area contributed by atoms with Crippen LogP contribution in [0.3, 0.4) is 0 Å². The molecular formula is C22H22ClNO3. The van der Waals surface area contributed by atoms with Crippen molar-refractivity contribution in [1.82, 2.24) is 5.32 Å². The maximum Gasteiger partial charge on any atom is 0.330 e. The van der Waals surface area contributed by atoms with Crippen molar-refractivity contribution in [1.29, 1.82) is 0 Å². The first-order valence-electron chi connectivity index (χ1n) is 8.96. The van der Waals surface area contributed by atoms with Crippen LogP contribution in [-0.2, 0) is 9.53 Å². The number of nitrogens with one attached hydrogen (secondary N) is 1. The highest BCUT2D eigenvalue weighted by molar-refractivity contribution is 6.30. The van der Waals surface area contributed by atoms with Gasteiger partial charge in [-0.3, -0.25) is 4.79 Å². The molecule has 0 spiro atoms. The Kier molecular flexibility index (Phi) is 6.43. The lowest BCUT2D eigenvalue weighted by Gasteiger charge is -2.14. The number of ketones is 1. The van der Waals surface area contributed by atoms with E-state index in [2.05, 4.69) is 22.2 Å². The number of methoxy groups -OCH3 is 1. The van der Waals surface area contributed by atoms with Crippen LogP contribution in [0.4, 0.5) is 0 Å². The van der Waals surface area contributed by atoms with Crippen LogP contribution in [-0.4, -0.2) is 24.9 Å². The van der Waals surface area contributed by atoms with Crippen LogP contribution in [0.25, 0.3) is 6.08 Å². The van der Waals surface area contributed by atoms with Gasteiger partial charge in [0.25, 0.3) is 0 Å². The molecule has 2 aromatic carbocycles. The number of carbonyl (C=O) groups is 2. The van der Waals surface area contributed by atoms with Crippen molar-refractivity contribution in [2.24, 2.45) is 0 Å². The predicted molar refractivity (Wildman–Crippen MR) is 107 cm³/mol. The molecule has 0 saturated carbocycles. The lowest BCUT2D eigenvalue weighted by molar-refractivity contribution is -0.134. The summed E-state index contributed by atoms with van der Waals surface area (Å²) in [4.78, 5) is 23.6. The number of ether oxygens (including phenoxy) is 1. The van der Waals surface area contributed by atoms with Gasteiger partial charge in [0.2, 0.25) is 0 Å². The minimum absolute atomic E-state index is 0.133. The third-order valence-corrected chi connectivity index (χ3v) is 5.04. The second kappa shape index (κ2) is 8.98. The van der Waals surface area contributed by atoms with Crippen LogP contribution >= 0.6 is 11.6 Å². The molecule has 2 atom stereocenters. The van der Waals surface area contributed by atoms with E-state index in [0.717, 1.165) is 18.4 Å². The Bertz CT molecular complexity index is 828. The van der Waals surface area contributed by atoms with Gasteiger partial charge in [-0.25, -0.2) is 4.79 Å². The summed E-state index contributed by atoms with van der Waals surface area (Å²) >= 11 is 5.88. The predicted octanol–water partition coefficient (Wildman–Crippen LogP) is 4.59. The Morgan fingerprint density at radius 1 is 1.11 bits per heavy atom. The lowest BCUT2D eigenvalue weighted by atomic mass is 10.0. The zero-order chi connectivity index (χ0) is 19.2. The standard InChI is InChI=1S/C22H22ClNO3/c1-27-22(26)13-4-15-2-5-16(6-3-15)20-12-11-19(24-20)14-21(25)17-7-9-18(23)10-8-17/h2-10,13,19-20,24H,11-12,14H2,1H3/b13-4+. The van der Waals surface area contributed by atoms with Crippen molar-refractivity contribution in [3.05, 3.63) is 76.3 Å². The number of benzene rings is 2. The molecule has 5 heteroatoms. The fraction of sp³-hybridized carbons (Fsp3) is 0.273. The van der Waals surface area contributed by atoms with Crippen molar-refractivity contribution >= 4 is 29.4 Å². The molecule has 1 heterocycles. The molecule has 0 aliphatic carbocycles. The number of hydrogen-bond donors (Lipinski definition) is 1. The smallest absolute Gasteiger partial charge is 0.330 e. The minimum atomic E-state index is -0.371. The maximum absolute atomic E-state index is 12.4. The Hall–Kier alpha value is -2.43. The molecule has 4 nitrogen and oxygen atoms in total. The van der Waals surface area contributed by atoms with E-state index in [9.17, 15) is 9.59 Å². The van der Waals surface area contributed by atoms with E-state index >= 15 is 0 Å². The van der Waals surface area contributed by atoms with Gasteiger partial charge in [-0.15, -0.1) is 0 Å². The monoisotopic (exact) mass is 383 g/mol. The van der Waals surface area contributed by atoms with Crippen molar-refractivity contribution in [3.63, 3.8) is 0 Å². The van der Waals surface area contributed by atoms with E-state index in [1.165, 1.54) is 18.7 Å². The summed E-state index contributed by atoms with van der Waals surface area (Å²) in [5.41, 5.74) is 2.83. The number of carbonyl (C=O) groups excluding carboxylic acids is 2. The summed E-state index contributed by atoms with van der Waals surface area (Å²) in [6, 6.07) is 15.5. The first-order chi connectivity index (χ1) is 13.0. The van der Waals surface area contributed by atoms with E-state index in [-0.39, 0.29) is 23.8 Å². The van der Waals surface area contributed by atoms with Crippen LogP contribution < -0.4 is 5.32 Å². The quantitative estimate of drug-likeness (QED) is 0.450. The van der Waals surface area contributed by atoms with Gasteiger partial charge in [0.1, 0.15) is 0 Å². The van der Waals surface area contributed by atoms with Crippen LogP contribution in [0.1, 0.15) is 46.8 Å². The average molecular weight is 384 g/mol. The number of esters is 1. The van der Waals surface area contributed by atoms with Gasteiger partial charge < -0.3 is 10.1 Å². The topological polar surface area (TPSA) is 55.4 Å². The molecule has 0 amide bonds. The number of Topliss-reactive ketones (excluding diaryl/α,β-unsaturated/α-hetero) is 1. The molecule has 2 aromatic rings. The van der Waals surface area contributed by atoms with E-state index < -0.39 is 0 Å². The summed E-state index contributed by atoms with van der Waals surface area (Å²) in [7, 11) is 1.36. The average Bonchev–Trinajstić information content (AvgIpc) is 3.15. The van der Waals surface area contributed by atoms with Gasteiger partial charge in [-0.1, -0.05) is 35.9 Å². The van der Waals surface area contributed by atoms with Gasteiger partial charge in [0, 0.05) is 35.2 Å². The summed E-state index contributed by atoms with van der Waals surface area (Å²) in [5, 5.41) is 4.19. The molecule has 140 valence electrons. The molecule has 1 aliphatic rings. The Morgan fingerprint density at radius 3 is 2.48 bits per heavy atom. The summed E-state index contributed by atoms with van der Waals surface area (Å²) in [5.74, 6) is -0.238. The third kappa shape index (κ3) is 5.28. The van der Waals surface area contributed by atoms with Gasteiger partial charge in [-0.05, 0) is 54.3 Å². The SMILES string of the molecule is COC(=O)/C=C/c1ccc(C2CCC(CC(=O)c3ccc(Cl)cc3)N2)cc1.